The largest absolute Gasteiger partial charge is 0.477 e. The Kier molecular flexibility index (Phi) is 4.10. The summed E-state index contributed by atoms with van der Waals surface area (Å²) in [6, 6.07) is 10.4. The van der Waals surface area contributed by atoms with Crippen LogP contribution in [-0.4, -0.2) is 22.0 Å². The standard InChI is InChI=1S/C15H14N2O3/c1-10-4-2-3-5-12(10)14(18)17-9-11-6-7-13(15(19)20)16-8-11/h2-8H,9H2,1H3,(H,17,18)(H,19,20). The van der Waals surface area contributed by atoms with Crippen LogP contribution in [0.4, 0.5) is 0 Å². The van der Waals surface area contributed by atoms with E-state index in [1.54, 1.807) is 12.1 Å². The minimum atomic E-state index is -1.07. The van der Waals surface area contributed by atoms with Crippen LogP contribution in [0.2, 0.25) is 0 Å². The van der Waals surface area contributed by atoms with Crippen LogP contribution in [0.5, 0.6) is 0 Å². The number of rotatable bonds is 4. The summed E-state index contributed by atoms with van der Waals surface area (Å²) >= 11 is 0. The van der Waals surface area contributed by atoms with Gasteiger partial charge in [-0.3, -0.25) is 4.79 Å². The molecule has 2 N–H and O–H groups in total. The zero-order chi connectivity index (χ0) is 14.5. The fourth-order valence-corrected chi connectivity index (χ4v) is 1.76. The Bertz CT molecular complexity index is 636. The number of aromatic nitrogens is 1. The number of carbonyl (C=O) groups is 2. The summed E-state index contributed by atoms with van der Waals surface area (Å²) in [5.41, 5.74) is 2.27. The van der Waals surface area contributed by atoms with Crippen molar-refractivity contribution in [2.24, 2.45) is 0 Å². The minimum Gasteiger partial charge on any atom is -0.477 e. The summed E-state index contributed by atoms with van der Waals surface area (Å²) in [6.07, 6.45) is 1.45. The molecule has 5 heteroatoms. The predicted molar refractivity (Wildman–Crippen MR) is 73.5 cm³/mol. The van der Waals surface area contributed by atoms with E-state index in [1.807, 2.05) is 25.1 Å². The van der Waals surface area contributed by atoms with Crippen molar-refractivity contribution in [1.29, 1.82) is 0 Å². The van der Waals surface area contributed by atoms with Crippen LogP contribution in [0.25, 0.3) is 0 Å². The molecule has 0 atom stereocenters. The molecule has 0 aliphatic rings. The molecule has 0 fully saturated rings. The third-order valence-corrected chi connectivity index (χ3v) is 2.89. The molecule has 1 aromatic carbocycles. The third-order valence-electron chi connectivity index (χ3n) is 2.89. The Balaban J connectivity index is 2.00. The molecule has 2 aromatic rings. The molecule has 0 spiro atoms. The number of benzene rings is 1. The normalized spacial score (nSPS) is 10.1. The Morgan fingerprint density at radius 3 is 2.55 bits per heavy atom. The van der Waals surface area contributed by atoms with E-state index in [4.69, 9.17) is 5.11 Å². The first-order valence-corrected chi connectivity index (χ1v) is 6.10. The fraction of sp³-hybridized carbons (Fsp3) is 0.133. The SMILES string of the molecule is Cc1ccccc1C(=O)NCc1ccc(C(=O)O)nc1. The number of nitrogens with one attached hydrogen (secondary N) is 1. The van der Waals surface area contributed by atoms with Gasteiger partial charge in [0.25, 0.3) is 5.91 Å². The monoisotopic (exact) mass is 270 g/mol. The summed E-state index contributed by atoms with van der Waals surface area (Å²) in [7, 11) is 0. The molecule has 0 aliphatic carbocycles. The van der Waals surface area contributed by atoms with Crippen molar-refractivity contribution in [2.45, 2.75) is 13.5 Å². The average molecular weight is 270 g/mol. The van der Waals surface area contributed by atoms with Crippen molar-refractivity contribution in [3.63, 3.8) is 0 Å². The number of aryl methyl sites for hydroxylation is 1. The molecule has 20 heavy (non-hydrogen) atoms. The molecule has 5 nitrogen and oxygen atoms in total. The van der Waals surface area contributed by atoms with Crippen molar-refractivity contribution in [3.8, 4) is 0 Å². The lowest BCUT2D eigenvalue weighted by molar-refractivity contribution is 0.0690. The number of hydrogen-bond acceptors (Lipinski definition) is 3. The summed E-state index contributed by atoms with van der Waals surface area (Å²) in [5.74, 6) is -1.23. The molecular weight excluding hydrogens is 256 g/mol. The van der Waals surface area contributed by atoms with Gasteiger partial charge in [0.2, 0.25) is 0 Å². The van der Waals surface area contributed by atoms with Gasteiger partial charge in [-0.2, -0.15) is 0 Å². The number of pyridine rings is 1. The van der Waals surface area contributed by atoms with E-state index in [1.165, 1.54) is 12.3 Å². The highest BCUT2D eigenvalue weighted by molar-refractivity contribution is 5.95. The maximum absolute atomic E-state index is 12.0. The molecule has 0 saturated carbocycles. The number of nitrogens with zero attached hydrogens (tertiary/aromatic N) is 1. The second-order valence-corrected chi connectivity index (χ2v) is 4.35. The van der Waals surface area contributed by atoms with Crippen LogP contribution in [0.3, 0.4) is 0 Å². The molecule has 1 heterocycles. The fourth-order valence-electron chi connectivity index (χ4n) is 1.76. The quantitative estimate of drug-likeness (QED) is 0.890. The van der Waals surface area contributed by atoms with E-state index in [2.05, 4.69) is 10.3 Å². The smallest absolute Gasteiger partial charge is 0.354 e. The maximum atomic E-state index is 12.0. The van der Waals surface area contributed by atoms with Crippen LogP contribution in [0.1, 0.15) is 32.0 Å². The number of amides is 1. The van der Waals surface area contributed by atoms with E-state index in [0.717, 1.165) is 11.1 Å². The van der Waals surface area contributed by atoms with E-state index in [0.29, 0.717) is 12.1 Å². The maximum Gasteiger partial charge on any atom is 0.354 e. The zero-order valence-corrected chi connectivity index (χ0v) is 11.0. The van der Waals surface area contributed by atoms with Gasteiger partial charge in [-0.05, 0) is 30.2 Å². The Labute approximate surface area is 116 Å². The molecule has 2 rings (SSSR count). The van der Waals surface area contributed by atoms with Crippen LogP contribution < -0.4 is 5.32 Å². The van der Waals surface area contributed by atoms with Gasteiger partial charge in [0.15, 0.2) is 0 Å². The van der Waals surface area contributed by atoms with Crippen LogP contribution >= 0.6 is 0 Å². The molecule has 0 unspecified atom stereocenters. The van der Waals surface area contributed by atoms with Crippen LogP contribution in [0, 0.1) is 6.92 Å². The second-order valence-electron chi connectivity index (χ2n) is 4.35. The van der Waals surface area contributed by atoms with Crippen molar-refractivity contribution < 1.29 is 14.7 Å². The van der Waals surface area contributed by atoms with Crippen molar-refractivity contribution in [3.05, 3.63) is 65.0 Å². The predicted octanol–water partition coefficient (Wildman–Crippen LogP) is 2.02. The molecule has 102 valence electrons. The van der Waals surface area contributed by atoms with Gasteiger partial charge in [0.05, 0.1) is 0 Å². The molecule has 1 aromatic heterocycles. The van der Waals surface area contributed by atoms with Gasteiger partial charge in [0.1, 0.15) is 5.69 Å². The lowest BCUT2D eigenvalue weighted by Crippen LogP contribution is -2.23. The van der Waals surface area contributed by atoms with Crippen LogP contribution in [-0.2, 0) is 6.54 Å². The van der Waals surface area contributed by atoms with Crippen molar-refractivity contribution in [2.75, 3.05) is 0 Å². The highest BCUT2D eigenvalue weighted by Crippen LogP contribution is 2.07. The first kappa shape index (κ1) is 13.7. The molecule has 0 bridgehead atoms. The van der Waals surface area contributed by atoms with Gasteiger partial charge in [-0.1, -0.05) is 24.3 Å². The van der Waals surface area contributed by atoms with E-state index in [-0.39, 0.29) is 11.6 Å². The third kappa shape index (κ3) is 3.20. The van der Waals surface area contributed by atoms with E-state index in [9.17, 15) is 9.59 Å². The Hall–Kier alpha value is -2.69. The number of aromatic carboxylic acids is 1. The topological polar surface area (TPSA) is 79.3 Å². The second kappa shape index (κ2) is 5.97. The first-order valence-electron chi connectivity index (χ1n) is 6.10. The Morgan fingerprint density at radius 2 is 1.95 bits per heavy atom. The highest BCUT2D eigenvalue weighted by atomic mass is 16.4. The van der Waals surface area contributed by atoms with Crippen molar-refractivity contribution in [1.82, 2.24) is 10.3 Å². The zero-order valence-electron chi connectivity index (χ0n) is 11.0. The van der Waals surface area contributed by atoms with Gasteiger partial charge >= 0.3 is 5.97 Å². The van der Waals surface area contributed by atoms with Gasteiger partial charge in [0, 0.05) is 18.3 Å². The summed E-state index contributed by atoms with van der Waals surface area (Å²) < 4.78 is 0. The molecule has 0 saturated heterocycles. The molecule has 0 aliphatic heterocycles. The molecule has 0 radical (unpaired) electrons. The van der Waals surface area contributed by atoms with E-state index < -0.39 is 5.97 Å². The lowest BCUT2D eigenvalue weighted by Gasteiger charge is -2.07. The Morgan fingerprint density at radius 1 is 1.20 bits per heavy atom. The number of carboxylic acids is 1. The number of hydrogen-bond donors (Lipinski definition) is 2. The lowest BCUT2D eigenvalue weighted by atomic mass is 10.1. The number of carboxylic acid groups (broad SMARTS) is 1. The van der Waals surface area contributed by atoms with Gasteiger partial charge < -0.3 is 10.4 Å². The summed E-state index contributed by atoms with van der Waals surface area (Å²) in [5, 5.41) is 11.5. The van der Waals surface area contributed by atoms with E-state index >= 15 is 0 Å². The van der Waals surface area contributed by atoms with Crippen molar-refractivity contribution >= 4 is 11.9 Å². The summed E-state index contributed by atoms with van der Waals surface area (Å²) in [6.45, 7) is 2.18. The highest BCUT2D eigenvalue weighted by Gasteiger charge is 2.08. The number of carbonyl (C=O) groups excluding carboxylic acids is 1. The minimum absolute atomic E-state index is 0.0148. The average Bonchev–Trinajstić information content (AvgIpc) is 2.45. The summed E-state index contributed by atoms with van der Waals surface area (Å²) in [4.78, 5) is 26.5. The molecule has 1 amide bonds. The first-order chi connectivity index (χ1) is 9.58. The molecular formula is C15H14N2O3. The van der Waals surface area contributed by atoms with Gasteiger partial charge in [-0.15, -0.1) is 0 Å². The van der Waals surface area contributed by atoms with Crippen LogP contribution in [0.15, 0.2) is 42.6 Å². The van der Waals surface area contributed by atoms with Gasteiger partial charge in [-0.25, -0.2) is 9.78 Å².